The molecule has 2 fully saturated rings. The van der Waals surface area contributed by atoms with Gasteiger partial charge in [0, 0.05) is 51.9 Å². The Labute approximate surface area is 208 Å². The molecule has 3 heterocycles. The first-order chi connectivity index (χ1) is 16.4. The first-order valence-electron chi connectivity index (χ1n) is 12.3. The molecule has 9 heteroatoms. The smallest absolute Gasteiger partial charge is 0.219 e. The molecule has 1 unspecified atom stereocenters. The van der Waals surface area contributed by atoms with Gasteiger partial charge in [0.2, 0.25) is 11.8 Å². The molecule has 34 heavy (non-hydrogen) atoms. The SMILES string of the molecule is CC.CC(=O)N1CCOC(CN2CCOCC2)C1.CN.CN.Cc1ccc(OCC(C)C)nc1. The number of amides is 1. The highest BCUT2D eigenvalue weighted by Crippen LogP contribution is 2.09. The van der Waals surface area contributed by atoms with E-state index in [0.29, 0.717) is 18.4 Å². The van der Waals surface area contributed by atoms with Gasteiger partial charge >= 0.3 is 0 Å². The molecule has 1 aromatic rings. The van der Waals surface area contributed by atoms with Gasteiger partial charge in [-0.25, -0.2) is 4.98 Å². The lowest BCUT2D eigenvalue weighted by Crippen LogP contribution is -2.50. The largest absolute Gasteiger partial charge is 0.477 e. The molecule has 1 atom stereocenters. The number of pyridine rings is 1. The normalized spacial score (nSPS) is 17.4. The first-order valence-corrected chi connectivity index (χ1v) is 12.3. The monoisotopic (exact) mass is 485 g/mol. The number of hydrogen-bond donors (Lipinski definition) is 2. The van der Waals surface area contributed by atoms with Crippen LogP contribution in [0.5, 0.6) is 5.88 Å². The Hall–Kier alpha value is -1.78. The summed E-state index contributed by atoms with van der Waals surface area (Å²) in [5.41, 5.74) is 10.2. The summed E-state index contributed by atoms with van der Waals surface area (Å²) in [5.74, 6) is 1.41. The summed E-state index contributed by atoms with van der Waals surface area (Å²) in [6.45, 7) is 19.2. The van der Waals surface area contributed by atoms with Crippen molar-refractivity contribution in [2.75, 3.05) is 73.2 Å². The summed E-state index contributed by atoms with van der Waals surface area (Å²) in [4.78, 5) is 19.6. The molecule has 4 N–H and O–H groups in total. The minimum absolute atomic E-state index is 0.148. The number of nitrogens with zero attached hydrogens (tertiary/aromatic N) is 3. The van der Waals surface area contributed by atoms with Gasteiger partial charge in [0.25, 0.3) is 0 Å². The fraction of sp³-hybridized carbons (Fsp3) is 0.760. The number of nitrogens with two attached hydrogens (primary N) is 2. The van der Waals surface area contributed by atoms with Crippen molar-refractivity contribution < 1.29 is 19.0 Å². The van der Waals surface area contributed by atoms with Crippen molar-refractivity contribution in [2.24, 2.45) is 17.4 Å². The van der Waals surface area contributed by atoms with Gasteiger partial charge < -0.3 is 30.6 Å². The molecule has 0 radical (unpaired) electrons. The minimum Gasteiger partial charge on any atom is -0.477 e. The lowest BCUT2D eigenvalue weighted by atomic mass is 10.2. The number of morpholine rings is 2. The van der Waals surface area contributed by atoms with Gasteiger partial charge in [-0.3, -0.25) is 9.69 Å². The first kappa shape index (κ1) is 34.4. The Morgan fingerprint density at radius 2 is 1.74 bits per heavy atom. The average Bonchev–Trinajstić information content (AvgIpc) is 2.88. The Balaban J connectivity index is 0. The number of ether oxygens (including phenoxy) is 3. The van der Waals surface area contributed by atoms with E-state index in [2.05, 4.69) is 35.2 Å². The molecule has 9 nitrogen and oxygen atoms in total. The number of rotatable bonds is 5. The van der Waals surface area contributed by atoms with E-state index in [1.165, 1.54) is 14.1 Å². The molecular weight excluding hydrogens is 434 g/mol. The second-order valence-corrected chi connectivity index (χ2v) is 7.75. The van der Waals surface area contributed by atoms with E-state index in [0.717, 1.165) is 58.1 Å². The number of aryl methyl sites for hydroxylation is 1. The summed E-state index contributed by atoms with van der Waals surface area (Å²) in [5, 5.41) is 0. The van der Waals surface area contributed by atoms with Gasteiger partial charge in [-0.2, -0.15) is 0 Å². The van der Waals surface area contributed by atoms with E-state index >= 15 is 0 Å². The van der Waals surface area contributed by atoms with Crippen LogP contribution in [0.3, 0.4) is 0 Å². The lowest BCUT2D eigenvalue weighted by molar-refractivity contribution is -0.137. The molecule has 2 aliphatic heterocycles. The van der Waals surface area contributed by atoms with Gasteiger partial charge in [0.1, 0.15) is 0 Å². The second-order valence-electron chi connectivity index (χ2n) is 7.75. The molecule has 0 saturated carbocycles. The van der Waals surface area contributed by atoms with Crippen molar-refractivity contribution in [1.82, 2.24) is 14.8 Å². The molecule has 2 saturated heterocycles. The Bertz CT molecular complexity index is 581. The zero-order valence-electron chi connectivity index (χ0n) is 22.9. The van der Waals surface area contributed by atoms with Crippen LogP contribution in [0.1, 0.15) is 40.2 Å². The zero-order valence-corrected chi connectivity index (χ0v) is 22.9. The van der Waals surface area contributed by atoms with Crippen molar-refractivity contribution in [1.29, 1.82) is 0 Å². The highest BCUT2D eigenvalue weighted by atomic mass is 16.5. The minimum atomic E-state index is 0.148. The molecule has 1 amide bonds. The van der Waals surface area contributed by atoms with E-state index < -0.39 is 0 Å². The van der Waals surface area contributed by atoms with E-state index in [1.807, 2.05) is 44.0 Å². The summed E-state index contributed by atoms with van der Waals surface area (Å²) < 4.78 is 16.4. The summed E-state index contributed by atoms with van der Waals surface area (Å²) >= 11 is 0. The quantitative estimate of drug-likeness (QED) is 0.652. The third-order valence-corrected chi connectivity index (χ3v) is 4.60. The van der Waals surface area contributed by atoms with Gasteiger partial charge in [-0.1, -0.05) is 33.8 Å². The van der Waals surface area contributed by atoms with Gasteiger partial charge in [-0.15, -0.1) is 0 Å². The molecule has 1 aromatic heterocycles. The molecule has 3 rings (SSSR count). The highest BCUT2D eigenvalue weighted by molar-refractivity contribution is 5.73. The van der Waals surface area contributed by atoms with E-state index in [-0.39, 0.29) is 12.0 Å². The van der Waals surface area contributed by atoms with Gasteiger partial charge in [0.15, 0.2) is 0 Å². The second kappa shape index (κ2) is 23.0. The lowest BCUT2D eigenvalue weighted by Gasteiger charge is -2.36. The molecule has 0 bridgehead atoms. The van der Waals surface area contributed by atoms with Crippen LogP contribution in [0.25, 0.3) is 0 Å². The standard InChI is InChI=1S/C11H20N2O3.C10H15NO.C2H6.2CH5N/c1-10(14)13-4-7-16-11(9-13)8-12-2-5-15-6-3-12;1-8(2)7-12-10-5-4-9(3)6-11-10;3*1-2/h11H,2-9H2,1H3;4-6,8H,7H2,1-3H3;1-2H3;2*2H2,1H3. The van der Waals surface area contributed by atoms with Crippen LogP contribution >= 0.6 is 0 Å². The molecule has 0 aromatic carbocycles. The van der Waals surface area contributed by atoms with Crippen LogP contribution in [-0.2, 0) is 14.3 Å². The average molecular weight is 486 g/mol. The number of aromatic nitrogens is 1. The molecule has 200 valence electrons. The van der Waals surface area contributed by atoms with E-state index in [1.54, 1.807) is 6.92 Å². The number of carbonyl (C=O) groups is 1. The Morgan fingerprint density at radius 1 is 1.12 bits per heavy atom. The van der Waals surface area contributed by atoms with Crippen molar-refractivity contribution in [3.8, 4) is 5.88 Å². The van der Waals surface area contributed by atoms with Crippen molar-refractivity contribution >= 4 is 5.91 Å². The topological polar surface area (TPSA) is 116 Å². The van der Waals surface area contributed by atoms with Crippen molar-refractivity contribution in [2.45, 2.75) is 47.6 Å². The predicted molar refractivity (Wildman–Crippen MR) is 140 cm³/mol. The van der Waals surface area contributed by atoms with Crippen LogP contribution < -0.4 is 16.2 Å². The van der Waals surface area contributed by atoms with Crippen molar-refractivity contribution in [3.63, 3.8) is 0 Å². The zero-order chi connectivity index (χ0) is 26.4. The van der Waals surface area contributed by atoms with Crippen LogP contribution in [0.15, 0.2) is 18.3 Å². The number of hydrogen-bond acceptors (Lipinski definition) is 8. The Morgan fingerprint density at radius 3 is 2.24 bits per heavy atom. The summed E-state index contributed by atoms with van der Waals surface area (Å²) in [7, 11) is 3.00. The van der Waals surface area contributed by atoms with Gasteiger partial charge in [0.05, 0.1) is 32.5 Å². The third kappa shape index (κ3) is 16.8. The number of carbonyl (C=O) groups excluding carboxylic acids is 1. The predicted octanol–water partition coefficient (Wildman–Crippen LogP) is 2.17. The molecule has 2 aliphatic rings. The summed E-state index contributed by atoms with van der Waals surface area (Å²) in [6.07, 6.45) is 1.98. The van der Waals surface area contributed by atoms with Crippen molar-refractivity contribution in [3.05, 3.63) is 23.9 Å². The third-order valence-electron chi connectivity index (χ3n) is 4.60. The Kier molecular flexibility index (Phi) is 23.2. The maximum atomic E-state index is 11.3. The van der Waals surface area contributed by atoms with Gasteiger partial charge in [-0.05, 0) is 32.5 Å². The van der Waals surface area contributed by atoms with E-state index in [4.69, 9.17) is 14.2 Å². The fourth-order valence-electron chi connectivity index (χ4n) is 2.98. The maximum Gasteiger partial charge on any atom is 0.219 e. The highest BCUT2D eigenvalue weighted by Gasteiger charge is 2.24. The van der Waals surface area contributed by atoms with Crippen LogP contribution in [0.2, 0.25) is 0 Å². The molecule has 0 spiro atoms. The molecule has 0 aliphatic carbocycles. The fourth-order valence-corrected chi connectivity index (χ4v) is 2.98. The maximum absolute atomic E-state index is 11.3. The summed E-state index contributed by atoms with van der Waals surface area (Å²) in [6, 6.07) is 3.90. The van der Waals surface area contributed by atoms with Crippen LogP contribution in [0, 0.1) is 12.8 Å². The molecular formula is C25H51N5O4. The van der Waals surface area contributed by atoms with Crippen LogP contribution in [-0.4, -0.2) is 100 Å². The van der Waals surface area contributed by atoms with Crippen LogP contribution in [0.4, 0.5) is 0 Å². The van der Waals surface area contributed by atoms with E-state index in [9.17, 15) is 4.79 Å².